The molecule has 3 N–H and O–H groups in total. The fraction of sp³-hybridized carbons (Fsp3) is 0.300. The van der Waals surface area contributed by atoms with E-state index in [1.165, 1.54) is 19.1 Å². The van der Waals surface area contributed by atoms with Crippen LogP contribution in [0.25, 0.3) is 0 Å². The molecule has 0 heterocycles. The number of halogens is 1. The molecule has 1 aromatic rings. The van der Waals surface area contributed by atoms with Crippen LogP contribution in [0.1, 0.15) is 24.0 Å². The molecule has 1 aromatic carbocycles. The Morgan fingerprint density at radius 3 is 2.71 bits per heavy atom. The maximum absolute atomic E-state index is 13.3. The zero-order valence-corrected chi connectivity index (χ0v) is 7.83. The Morgan fingerprint density at radius 1 is 1.64 bits per heavy atom. The number of aliphatic carboxylic acids is 1. The number of benzene rings is 1. The zero-order valence-electron chi connectivity index (χ0n) is 7.83. The highest BCUT2D eigenvalue weighted by Gasteiger charge is 2.17. The molecule has 1 rings (SSSR count). The minimum atomic E-state index is -1.04. The van der Waals surface area contributed by atoms with E-state index in [9.17, 15) is 9.18 Å². The molecule has 0 amide bonds. The topological polar surface area (TPSA) is 63.3 Å². The van der Waals surface area contributed by atoms with Gasteiger partial charge in [0.25, 0.3) is 0 Å². The number of rotatable bonds is 3. The van der Waals surface area contributed by atoms with Gasteiger partial charge < -0.3 is 10.8 Å². The summed E-state index contributed by atoms with van der Waals surface area (Å²) in [5, 5.41) is 8.70. The second kappa shape index (κ2) is 4.19. The summed E-state index contributed by atoms with van der Waals surface area (Å²) >= 11 is 0. The molecule has 0 aromatic heterocycles. The summed E-state index contributed by atoms with van der Waals surface area (Å²) in [4.78, 5) is 10.6. The average Bonchev–Trinajstić information content (AvgIpc) is 2.16. The van der Waals surface area contributed by atoms with Crippen LogP contribution in [0, 0.1) is 5.82 Å². The minimum Gasteiger partial charge on any atom is -0.481 e. The first kappa shape index (κ1) is 10.7. The van der Waals surface area contributed by atoms with E-state index in [1.807, 2.05) is 0 Å². The van der Waals surface area contributed by atoms with Gasteiger partial charge in [-0.3, -0.25) is 4.79 Å². The molecule has 0 fully saturated rings. The summed E-state index contributed by atoms with van der Waals surface area (Å²) < 4.78 is 13.3. The summed E-state index contributed by atoms with van der Waals surface area (Å²) in [7, 11) is 0. The molecule has 1 atom stereocenters. The molecule has 4 heteroatoms. The molecule has 0 aliphatic carbocycles. The predicted octanol–water partition coefficient (Wildman–Crippen LogP) is 1.47. The van der Waals surface area contributed by atoms with Gasteiger partial charge >= 0.3 is 5.97 Å². The van der Waals surface area contributed by atoms with Gasteiger partial charge in [-0.05, 0) is 18.6 Å². The highest BCUT2D eigenvalue weighted by molar-refractivity contribution is 5.75. The van der Waals surface area contributed by atoms with Crippen LogP contribution in [0.2, 0.25) is 0 Å². The van der Waals surface area contributed by atoms with Crippen molar-refractivity contribution in [1.29, 1.82) is 0 Å². The van der Waals surface area contributed by atoms with E-state index in [2.05, 4.69) is 0 Å². The first-order valence-corrected chi connectivity index (χ1v) is 4.27. The summed E-state index contributed by atoms with van der Waals surface area (Å²) in [6.45, 7) is 1.70. The van der Waals surface area contributed by atoms with E-state index in [0.717, 1.165) is 0 Å². The van der Waals surface area contributed by atoms with Crippen LogP contribution in [0.5, 0.6) is 0 Å². The zero-order chi connectivity index (χ0) is 10.7. The second-order valence-electron chi connectivity index (χ2n) is 3.12. The summed E-state index contributed by atoms with van der Waals surface area (Å²) in [5.74, 6) is -2.38. The SMILES string of the molecule is CC(C(=O)O)c1ccc(CN)cc1F. The fourth-order valence-electron chi connectivity index (χ4n) is 1.18. The summed E-state index contributed by atoms with van der Waals surface area (Å²) in [6.07, 6.45) is 0. The first-order chi connectivity index (χ1) is 6.56. The Bertz CT molecular complexity index is 352. The molecule has 1 unspecified atom stereocenters. The maximum Gasteiger partial charge on any atom is 0.310 e. The van der Waals surface area contributed by atoms with Gasteiger partial charge in [0.2, 0.25) is 0 Å². The molecular formula is C10H12FNO2. The predicted molar refractivity (Wildman–Crippen MR) is 50.3 cm³/mol. The number of carbonyl (C=O) groups is 1. The standard InChI is InChI=1S/C10H12FNO2/c1-6(10(13)14)8-3-2-7(5-12)4-9(8)11/h2-4,6H,5,12H2,1H3,(H,13,14). The van der Waals surface area contributed by atoms with Crippen molar-refractivity contribution in [2.45, 2.75) is 19.4 Å². The third-order valence-corrected chi connectivity index (χ3v) is 2.14. The van der Waals surface area contributed by atoms with E-state index < -0.39 is 17.7 Å². The lowest BCUT2D eigenvalue weighted by atomic mass is 9.99. The van der Waals surface area contributed by atoms with Crippen molar-refractivity contribution in [3.05, 3.63) is 35.1 Å². The lowest BCUT2D eigenvalue weighted by molar-refractivity contribution is -0.138. The van der Waals surface area contributed by atoms with Crippen molar-refractivity contribution in [1.82, 2.24) is 0 Å². The van der Waals surface area contributed by atoms with Crippen molar-refractivity contribution in [2.75, 3.05) is 0 Å². The van der Waals surface area contributed by atoms with Gasteiger partial charge in [-0.2, -0.15) is 0 Å². The molecule has 0 aliphatic heterocycles. The number of hydrogen-bond donors (Lipinski definition) is 2. The van der Waals surface area contributed by atoms with Crippen molar-refractivity contribution in [2.24, 2.45) is 5.73 Å². The van der Waals surface area contributed by atoms with Gasteiger partial charge in [0.1, 0.15) is 5.82 Å². The van der Waals surface area contributed by atoms with Gasteiger partial charge in [-0.1, -0.05) is 12.1 Å². The van der Waals surface area contributed by atoms with Crippen LogP contribution < -0.4 is 5.73 Å². The van der Waals surface area contributed by atoms with E-state index in [0.29, 0.717) is 5.56 Å². The van der Waals surface area contributed by atoms with Gasteiger partial charge in [0, 0.05) is 12.1 Å². The Morgan fingerprint density at radius 2 is 2.29 bits per heavy atom. The van der Waals surface area contributed by atoms with Crippen LogP contribution in [0.15, 0.2) is 18.2 Å². The molecule has 76 valence electrons. The van der Waals surface area contributed by atoms with E-state index in [-0.39, 0.29) is 12.1 Å². The largest absolute Gasteiger partial charge is 0.481 e. The van der Waals surface area contributed by atoms with Gasteiger partial charge in [0.05, 0.1) is 5.92 Å². The lowest BCUT2D eigenvalue weighted by Gasteiger charge is -2.08. The average molecular weight is 197 g/mol. The number of hydrogen-bond acceptors (Lipinski definition) is 2. The number of nitrogens with two attached hydrogens (primary N) is 1. The highest BCUT2D eigenvalue weighted by Crippen LogP contribution is 2.20. The van der Waals surface area contributed by atoms with Crippen LogP contribution in [0.3, 0.4) is 0 Å². The lowest BCUT2D eigenvalue weighted by Crippen LogP contribution is -2.10. The van der Waals surface area contributed by atoms with E-state index in [4.69, 9.17) is 10.8 Å². The highest BCUT2D eigenvalue weighted by atomic mass is 19.1. The molecular weight excluding hydrogens is 185 g/mol. The van der Waals surface area contributed by atoms with Gasteiger partial charge in [-0.25, -0.2) is 4.39 Å². The fourth-order valence-corrected chi connectivity index (χ4v) is 1.18. The van der Waals surface area contributed by atoms with Crippen LogP contribution >= 0.6 is 0 Å². The van der Waals surface area contributed by atoms with E-state index >= 15 is 0 Å². The van der Waals surface area contributed by atoms with Crippen molar-refractivity contribution in [3.63, 3.8) is 0 Å². The Kier molecular flexibility index (Phi) is 3.19. The molecule has 3 nitrogen and oxygen atoms in total. The summed E-state index contributed by atoms with van der Waals surface area (Å²) in [5.41, 5.74) is 6.17. The van der Waals surface area contributed by atoms with Crippen LogP contribution in [0.4, 0.5) is 4.39 Å². The van der Waals surface area contributed by atoms with Crippen LogP contribution in [-0.4, -0.2) is 11.1 Å². The second-order valence-corrected chi connectivity index (χ2v) is 3.12. The summed E-state index contributed by atoms with van der Waals surface area (Å²) in [6, 6.07) is 4.38. The Hall–Kier alpha value is -1.42. The third-order valence-electron chi connectivity index (χ3n) is 2.14. The molecule has 0 saturated carbocycles. The van der Waals surface area contributed by atoms with Crippen molar-refractivity contribution >= 4 is 5.97 Å². The van der Waals surface area contributed by atoms with E-state index in [1.54, 1.807) is 6.07 Å². The molecule has 0 saturated heterocycles. The monoisotopic (exact) mass is 197 g/mol. The van der Waals surface area contributed by atoms with Crippen molar-refractivity contribution < 1.29 is 14.3 Å². The smallest absolute Gasteiger partial charge is 0.310 e. The number of carboxylic acid groups (broad SMARTS) is 1. The Balaban J connectivity index is 3.05. The molecule has 0 radical (unpaired) electrons. The van der Waals surface area contributed by atoms with Crippen molar-refractivity contribution in [3.8, 4) is 0 Å². The quantitative estimate of drug-likeness (QED) is 0.771. The molecule has 0 aliphatic rings. The first-order valence-electron chi connectivity index (χ1n) is 4.27. The van der Waals surface area contributed by atoms with Gasteiger partial charge in [-0.15, -0.1) is 0 Å². The Labute approximate surface area is 81.4 Å². The molecule has 0 bridgehead atoms. The molecule has 0 spiro atoms. The minimum absolute atomic E-state index is 0.190. The van der Waals surface area contributed by atoms with Gasteiger partial charge in [0.15, 0.2) is 0 Å². The normalized spacial score (nSPS) is 12.5. The number of carboxylic acids is 1. The van der Waals surface area contributed by atoms with Crippen LogP contribution in [-0.2, 0) is 11.3 Å². The molecule has 14 heavy (non-hydrogen) atoms. The third kappa shape index (κ3) is 2.09. The maximum atomic E-state index is 13.3.